The summed E-state index contributed by atoms with van der Waals surface area (Å²) >= 11 is 1.80. The molecule has 0 N–H and O–H groups in total. The molecule has 4 nitrogen and oxygen atoms in total. The summed E-state index contributed by atoms with van der Waals surface area (Å²) in [5, 5.41) is 2.52. The third-order valence-corrected chi connectivity index (χ3v) is 12.8. The van der Waals surface area contributed by atoms with Crippen molar-refractivity contribution in [3.05, 3.63) is 210 Å². The standard InChI is InChI=1S/C52H31N3OS/c1-2-12-33(13-3-1)49-53-50(55-51(54-49)36-26-28-40-39-16-6-11-21-47(39)57-48(40)31-36)34-24-22-32(23-25-34)35-27-29-46-44(30-35)52(43-19-9-10-20-45(43)56-46)41-17-7-4-14-37(41)38-15-5-8-18-42(38)52/h1-31H. The largest absolute Gasteiger partial charge is 0.457 e. The van der Waals surface area contributed by atoms with Gasteiger partial charge in [-0.2, -0.15) is 0 Å². The molecule has 10 aromatic rings. The van der Waals surface area contributed by atoms with Crippen molar-refractivity contribution in [1.29, 1.82) is 0 Å². The molecule has 0 bridgehead atoms. The molecule has 0 radical (unpaired) electrons. The number of hydrogen-bond acceptors (Lipinski definition) is 5. The Morgan fingerprint density at radius 2 is 0.877 bits per heavy atom. The molecule has 0 unspecified atom stereocenters. The van der Waals surface area contributed by atoms with Crippen LogP contribution < -0.4 is 4.74 Å². The van der Waals surface area contributed by atoms with Gasteiger partial charge in [0.05, 0.1) is 5.41 Å². The number of benzene rings is 8. The van der Waals surface area contributed by atoms with Crippen molar-refractivity contribution in [2.75, 3.05) is 0 Å². The summed E-state index contributed by atoms with van der Waals surface area (Å²) in [6.07, 6.45) is 0. The minimum absolute atomic E-state index is 0.513. The summed E-state index contributed by atoms with van der Waals surface area (Å²) in [4.78, 5) is 15.2. The topological polar surface area (TPSA) is 47.9 Å². The number of para-hydroxylation sites is 1. The molecule has 8 aromatic carbocycles. The Bertz CT molecular complexity index is 3180. The summed E-state index contributed by atoms with van der Waals surface area (Å²) in [5.41, 5.74) is 11.9. The molecule has 0 amide bonds. The highest BCUT2D eigenvalue weighted by atomic mass is 32.1. The van der Waals surface area contributed by atoms with E-state index in [0.717, 1.165) is 50.4 Å². The zero-order chi connectivity index (χ0) is 37.5. The molecule has 12 rings (SSSR count). The first-order chi connectivity index (χ1) is 28.2. The molecule has 1 spiro atoms. The third kappa shape index (κ3) is 4.82. The van der Waals surface area contributed by atoms with Crippen molar-refractivity contribution in [3.8, 4) is 67.9 Å². The van der Waals surface area contributed by atoms with Gasteiger partial charge in [0.1, 0.15) is 11.5 Å². The minimum atomic E-state index is -0.513. The van der Waals surface area contributed by atoms with Gasteiger partial charge in [0.15, 0.2) is 17.5 Å². The first-order valence-corrected chi connectivity index (χ1v) is 20.0. The highest BCUT2D eigenvalue weighted by Crippen LogP contribution is 2.62. The van der Waals surface area contributed by atoms with Crippen molar-refractivity contribution in [1.82, 2.24) is 15.0 Å². The summed E-state index contributed by atoms with van der Waals surface area (Å²) in [7, 11) is 0. The average Bonchev–Trinajstić information content (AvgIpc) is 3.80. The average molecular weight is 746 g/mol. The normalized spacial score (nSPS) is 13.2. The second kappa shape index (κ2) is 12.4. The number of hydrogen-bond donors (Lipinski definition) is 0. The molecular weight excluding hydrogens is 715 g/mol. The monoisotopic (exact) mass is 745 g/mol. The third-order valence-electron chi connectivity index (χ3n) is 11.6. The number of nitrogens with zero attached hydrogens (tertiary/aromatic N) is 3. The lowest BCUT2D eigenvalue weighted by Crippen LogP contribution is -2.32. The van der Waals surface area contributed by atoms with E-state index in [1.54, 1.807) is 11.3 Å². The summed E-state index contributed by atoms with van der Waals surface area (Å²) in [6.45, 7) is 0. The first-order valence-electron chi connectivity index (χ1n) is 19.2. The molecular formula is C52H31N3OS. The van der Waals surface area contributed by atoms with Crippen LogP contribution in [0.15, 0.2) is 188 Å². The van der Waals surface area contributed by atoms with Crippen molar-refractivity contribution in [2.45, 2.75) is 5.41 Å². The molecule has 1 aliphatic heterocycles. The van der Waals surface area contributed by atoms with Gasteiger partial charge in [-0.1, -0.05) is 158 Å². The molecule has 57 heavy (non-hydrogen) atoms. The molecule has 266 valence electrons. The Hall–Kier alpha value is -7.21. The van der Waals surface area contributed by atoms with Gasteiger partial charge in [-0.3, -0.25) is 0 Å². The minimum Gasteiger partial charge on any atom is -0.457 e. The van der Waals surface area contributed by atoms with Gasteiger partial charge in [-0.05, 0) is 63.7 Å². The number of aromatic nitrogens is 3. The van der Waals surface area contributed by atoms with E-state index in [4.69, 9.17) is 19.7 Å². The van der Waals surface area contributed by atoms with Gasteiger partial charge in [0.25, 0.3) is 0 Å². The Morgan fingerprint density at radius 3 is 1.63 bits per heavy atom. The molecule has 1 aliphatic carbocycles. The lowest BCUT2D eigenvalue weighted by molar-refractivity contribution is 0.436. The lowest BCUT2D eigenvalue weighted by atomic mass is 9.66. The Balaban J connectivity index is 0.976. The molecule has 0 atom stereocenters. The van der Waals surface area contributed by atoms with Gasteiger partial charge in [-0.15, -0.1) is 11.3 Å². The van der Waals surface area contributed by atoms with Crippen molar-refractivity contribution in [3.63, 3.8) is 0 Å². The maximum Gasteiger partial charge on any atom is 0.164 e. The summed E-state index contributed by atoms with van der Waals surface area (Å²) in [5.74, 6) is 3.70. The smallest absolute Gasteiger partial charge is 0.164 e. The maximum atomic E-state index is 6.67. The predicted octanol–water partition coefficient (Wildman–Crippen LogP) is 13.4. The Labute approximate surface area is 333 Å². The fourth-order valence-corrected chi connectivity index (χ4v) is 10.2. The predicted molar refractivity (Wildman–Crippen MR) is 232 cm³/mol. The molecule has 5 heteroatoms. The highest BCUT2D eigenvalue weighted by molar-refractivity contribution is 7.25. The second-order valence-corrected chi connectivity index (χ2v) is 15.8. The van der Waals surface area contributed by atoms with Crippen LogP contribution in [0.25, 0.3) is 76.6 Å². The van der Waals surface area contributed by atoms with Gasteiger partial charge in [0, 0.05) is 48.0 Å². The molecule has 2 aliphatic rings. The van der Waals surface area contributed by atoms with E-state index < -0.39 is 5.41 Å². The van der Waals surface area contributed by atoms with Crippen LogP contribution in [0.4, 0.5) is 0 Å². The van der Waals surface area contributed by atoms with Crippen molar-refractivity contribution >= 4 is 31.5 Å². The van der Waals surface area contributed by atoms with Gasteiger partial charge in [0.2, 0.25) is 0 Å². The Kier molecular flexibility index (Phi) is 6.98. The molecule has 0 fully saturated rings. The van der Waals surface area contributed by atoms with E-state index in [0.29, 0.717) is 17.5 Å². The van der Waals surface area contributed by atoms with Gasteiger partial charge >= 0.3 is 0 Å². The van der Waals surface area contributed by atoms with Crippen LogP contribution in [0.1, 0.15) is 22.3 Å². The molecule has 3 heterocycles. The van der Waals surface area contributed by atoms with E-state index in [1.807, 2.05) is 30.3 Å². The number of thiophene rings is 1. The van der Waals surface area contributed by atoms with E-state index in [-0.39, 0.29) is 0 Å². The highest BCUT2D eigenvalue weighted by Gasteiger charge is 2.51. The van der Waals surface area contributed by atoms with Crippen LogP contribution in [0.5, 0.6) is 11.5 Å². The van der Waals surface area contributed by atoms with Crippen LogP contribution in [0, 0.1) is 0 Å². The summed E-state index contributed by atoms with van der Waals surface area (Å²) in [6, 6.07) is 66.7. The maximum absolute atomic E-state index is 6.67. The quantitative estimate of drug-likeness (QED) is 0.180. The van der Waals surface area contributed by atoms with Crippen LogP contribution >= 0.6 is 11.3 Å². The Morgan fingerprint density at radius 1 is 0.351 bits per heavy atom. The SMILES string of the molecule is c1ccc(-c2nc(-c3ccc(-c4ccc5c(c4)C4(c6ccccc6O5)c5ccccc5-c5ccccc54)cc3)nc(-c3ccc4c(c3)sc3ccccc34)n2)cc1. The lowest BCUT2D eigenvalue weighted by Gasteiger charge is -2.39. The molecule has 2 aromatic heterocycles. The zero-order valence-electron chi connectivity index (χ0n) is 30.6. The molecule has 0 saturated heterocycles. The van der Waals surface area contributed by atoms with E-state index in [1.165, 1.54) is 42.4 Å². The summed E-state index contributed by atoms with van der Waals surface area (Å²) < 4.78 is 9.16. The van der Waals surface area contributed by atoms with Crippen molar-refractivity contribution < 1.29 is 4.74 Å². The van der Waals surface area contributed by atoms with Crippen molar-refractivity contribution in [2.24, 2.45) is 0 Å². The fourth-order valence-electron chi connectivity index (χ4n) is 9.06. The first kappa shape index (κ1) is 32.1. The number of fused-ring (bicyclic) bond motifs is 12. The van der Waals surface area contributed by atoms with Gasteiger partial charge < -0.3 is 4.74 Å². The van der Waals surface area contributed by atoms with Gasteiger partial charge in [-0.25, -0.2) is 15.0 Å². The van der Waals surface area contributed by atoms with Crippen LogP contribution in [0.2, 0.25) is 0 Å². The van der Waals surface area contributed by atoms with E-state index >= 15 is 0 Å². The van der Waals surface area contributed by atoms with Crippen LogP contribution in [-0.4, -0.2) is 15.0 Å². The van der Waals surface area contributed by atoms with E-state index in [9.17, 15) is 0 Å². The van der Waals surface area contributed by atoms with E-state index in [2.05, 4.69) is 158 Å². The number of rotatable bonds is 4. The number of ether oxygens (including phenoxy) is 1. The molecule has 0 saturated carbocycles. The second-order valence-electron chi connectivity index (χ2n) is 14.7. The fraction of sp³-hybridized carbons (Fsp3) is 0.0192. The van der Waals surface area contributed by atoms with Crippen LogP contribution in [-0.2, 0) is 5.41 Å². The zero-order valence-corrected chi connectivity index (χ0v) is 31.4. The van der Waals surface area contributed by atoms with Crippen LogP contribution in [0.3, 0.4) is 0 Å².